The zero-order chi connectivity index (χ0) is 15.6. The summed E-state index contributed by atoms with van der Waals surface area (Å²) in [6, 6.07) is 3.85. The molecule has 0 bridgehead atoms. The summed E-state index contributed by atoms with van der Waals surface area (Å²) >= 11 is 0. The van der Waals surface area contributed by atoms with E-state index in [-0.39, 0.29) is 12.0 Å². The standard InChI is InChI=1S/C17H18N4O2/c22-17(14-9-19-16(20-10-14)13-1-2-13)21-7-8-23-15(11-21)12-3-5-18-6-4-12/h3-6,9-10,13,15H,1-2,7-8,11H2. The van der Waals surface area contributed by atoms with Gasteiger partial charge in [-0.1, -0.05) is 0 Å². The van der Waals surface area contributed by atoms with E-state index in [9.17, 15) is 4.79 Å². The number of nitrogens with zero attached hydrogens (tertiary/aromatic N) is 4. The van der Waals surface area contributed by atoms with Gasteiger partial charge in [-0.25, -0.2) is 9.97 Å². The lowest BCUT2D eigenvalue weighted by atomic mass is 10.1. The summed E-state index contributed by atoms with van der Waals surface area (Å²) in [6.45, 7) is 1.65. The van der Waals surface area contributed by atoms with Crippen LogP contribution in [0, 0.1) is 0 Å². The first-order valence-electron chi connectivity index (χ1n) is 7.94. The summed E-state index contributed by atoms with van der Waals surface area (Å²) in [6.07, 6.45) is 8.99. The van der Waals surface area contributed by atoms with Crippen LogP contribution in [-0.2, 0) is 4.74 Å². The maximum Gasteiger partial charge on any atom is 0.257 e. The molecule has 1 aliphatic heterocycles. The van der Waals surface area contributed by atoms with Crippen LogP contribution in [0.15, 0.2) is 36.9 Å². The van der Waals surface area contributed by atoms with Crippen LogP contribution in [0.25, 0.3) is 0 Å². The average Bonchev–Trinajstić information content (AvgIpc) is 3.47. The van der Waals surface area contributed by atoms with Gasteiger partial charge in [-0.2, -0.15) is 0 Å². The number of carbonyl (C=O) groups is 1. The van der Waals surface area contributed by atoms with E-state index in [4.69, 9.17) is 4.74 Å². The highest BCUT2D eigenvalue weighted by Gasteiger charge is 2.28. The first kappa shape index (κ1) is 14.3. The van der Waals surface area contributed by atoms with E-state index in [1.54, 1.807) is 24.8 Å². The number of ether oxygens (including phenoxy) is 1. The van der Waals surface area contributed by atoms with Crippen LogP contribution in [0.1, 0.15) is 46.6 Å². The molecule has 118 valence electrons. The molecule has 1 aliphatic carbocycles. The normalized spacial score (nSPS) is 21.2. The first-order valence-corrected chi connectivity index (χ1v) is 7.94. The summed E-state index contributed by atoms with van der Waals surface area (Å²) in [7, 11) is 0. The van der Waals surface area contributed by atoms with Gasteiger partial charge in [0.05, 0.1) is 18.7 Å². The molecule has 0 aromatic carbocycles. The molecule has 0 spiro atoms. The zero-order valence-electron chi connectivity index (χ0n) is 12.8. The van der Waals surface area contributed by atoms with Crippen LogP contribution in [0.3, 0.4) is 0 Å². The maximum absolute atomic E-state index is 12.7. The van der Waals surface area contributed by atoms with E-state index in [1.807, 2.05) is 17.0 Å². The lowest BCUT2D eigenvalue weighted by Crippen LogP contribution is -2.42. The van der Waals surface area contributed by atoms with Gasteiger partial charge in [0.25, 0.3) is 5.91 Å². The second-order valence-electron chi connectivity index (χ2n) is 6.00. The average molecular weight is 310 g/mol. The molecule has 6 nitrogen and oxygen atoms in total. The third-order valence-electron chi connectivity index (χ3n) is 4.29. The summed E-state index contributed by atoms with van der Waals surface area (Å²) in [4.78, 5) is 27.1. The van der Waals surface area contributed by atoms with Gasteiger partial charge in [0.2, 0.25) is 0 Å². The Balaban J connectivity index is 1.47. The van der Waals surface area contributed by atoms with E-state index < -0.39 is 0 Å². The second-order valence-corrected chi connectivity index (χ2v) is 6.00. The third-order valence-corrected chi connectivity index (χ3v) is 4.29. The van der Waals surface area contributed by atoms with Gasteiger partial charge in [0.15, 0.2) is 0 Å². The van der Waals surface area contributed by atoms with Crippen molar-refractivity contribution < 1.29 is 9.53 Å². The largest absolute Gasteiger partial charge is 0.370 e. The molecular weight excluding hydrogens is 292 g/mol. The van der Waals surface area contributed by atoms with Gasteiger partial charge in [-0.3, -0.25) is 9.78 Å². The Morgan fingerprint density at radius 1 is 1.17 bits per heavy atom. The van der Waals surface area contributed by atoms with Crippen molar-refractivity contribution in [3.8, 4) is 0 Å². The zero-order valence-corrected chi connectivity index (χ0v) is 12.8. The third kappa shape index (κ3) is 3.07. The summed E-state index contributed by atoms with van der Waals surface area (Å²) in [5, 5.41) is 0. The van der Waals surface area contributed by atoms with E-state index in [0.29, 0.717) is 31.2 Å². The Morgan fingerprint density at radius 2 is 1.91 bits per heavy atom. The molecule has 1 saturated heterocycles. The topological polar surface area (TPSA) is 68.2 Å². The van der Waals surface area contributed by atoms with Crippen molar-refractivity contribution in [1.82, 2.24) is 19.9 Å². The summed E-state index contributed by atoms with van der Waals surface area (Å²) in [5.41, 5.74) is 1.59. The highest BCUT2D eigenvalue weighted by Crippen LogP contribution is 2.37. The Morgan fingerprint density at radius 3 is 2.61 bits per heavy atom. The Bertz CT molecular complexity index is 685. The van der Waals surface area contributed by atoms with E-state index >= 15 is 0 Å². The van der Waals surface area contributed by atoms with Gasteiger partial charge in [-0.15, -0.1) is 0 Å². The summed E-state index contributed by atoms with van der Waals surface area (Å²) in [5.74, 6) is 1.33. The molecule has 1 atom stereocenters. The van der Waals surface area contributed by atoms with Crippen molar-refractivity contribution in [1.29, 1.82) is 0 Å². The Labute approximate surface area is 134 Å². The van der Waals surface area contributed by atoms with Crippen molar-refractivity contribution in [3.05, 3.63) is 53.9 Å². The number of pyridine rings is 1. The molecule has 2 aromatic rings. The molecule has 1 unspecified atom stereocenters. The number of aromatic nitrogens is 3. The fraction of sp³-hybridized carbons (Fsp3) is 0.412. The van der Waals surface area contributed by atoms with E-state index in [0.717, 1.165) is 24.2 Å². The molecule has 4 rings (SSSR count). The van der Waals surface area contributed by atoms with Gasteiger partial charge in [-0.05, 0) is 30.5 Å². The fourth-order valence-corrected chi connectivity index (χ4v) is 2.80. The number of rotatable bonds is 3. The molecule has 2 fully saturated rings. The highest BCUT2D eigenvalue weighted by molar-refractivity contribution is 5.93. The van der Waals surface area contributed by atoms with Crippen molar-refractivity contribution in [3.63, 3.8) is 0 Å². The highest BCUT2D eigenvalue weighted by atomic mass is 16.5. The monoisotopic (exact) mass is 310 g/mol. The molecule has 6 heteroatoms. The molecule has 23 heavy (non-hydrogen) atoms. The molecule has 3 heterocycles. The Hall–Kier alpha value is -2.34. The predicted octanol–water partition coefficient (Wildman–Crippen LogP) is 1.96. The number of hydrogen-bond acceptors (Lipinski definition) is 5. The number of morpholine rings is 1. The van der Waals surface area contributed by atoms with Crippen LogP contribution in [-0.4, -0.2) is 45.5 Å². The number of amides is 1. The van der Waals surface area contributed by atoms with Crippen molar-refractivity contribution >= 4 is 5.91 Å². The smallest absolute Gasteiger partial charge is 0.257 e. The minimum absolute atomic E-state index is 0.0327. The Kier molecular flexibility index (Phi) is 3.75. The predicted molar refractivity (Wildman–Crippen MR) is 82.8 cm³/mol. The fourth-order valence-electron chi connectivity index (χ4n) is 2.80. The minimum atomic E-state index is -0.109. The lowest BCUT2D eigenvalue weighted by molar-refractivity contribution is -0.0228. The lowest BCUT2D eigenvalue weighted by Gasteiger charge is -2.33. The molecule has 2 aromatic heterocycles. The van der Waals surface area contributed by atoms with Crippen LogP contribution in [0.5, 0.6) is 0 Å². The van der Waals surface area contributed by atoms with Crippen LogP contribution < -0.4 is 0 Å². The molecule has 1 saturated carbocycles. The quantitative estimate of drug-likeness (QED) is 0.867. The van der Waals surface area contributed by atoms with E-state index in [2.05, 4.69) is 15.0 Å². The molecule has 1 amide bonds. The van der Waals surface area contributed by atoms with Crippen molar-refractivity contribution in [2.24, 2.45) is 0 Å². The van der Waals surface area contributed by atoms with Crippen molar-refractivity contribution in [2.75, 3.05) is 19.7 Å². The van der Waals surface area contributed by atoms with Crippen molar-refractivity contribution in [2.45, 2.75) is 24.9 Å². The van der Waals surface area contributed by atoms with Gasteiger partial charge < -0.3 is 9.64 Å². The van der Waals surface area contributed by atoms with Gasteiger partial charge in [0.1, 0.15) is 11.9 Å². The van der Waals surface area contributed by atoms with Crippen LogP contribution in [0.2, 0.25) is 0 Å². The maximum atomic E-state index is 12.7. The molecular formula is C17H18N4O2. The van der Waals surface area contributed by atoms with Crippen LogP contribution in [0.4, 0.5) is 0 Å². The second kappa shape index (κ2) is 6.04. The van der Waals surface area contributed by atoms with Crippen LogP contribution >= 0.6 is 0 Å². The van der Waals surface area contributed by atoms with Gasteiger partial charge in [0, 0.05) is 37.3 Å². The van der Waals surface area contributed by atoms with Gasteiger partial charge >= 0.3 is 0 Å². The molecule has 0 radical (unpaired) electrons. The molecule has 0 N–H and O–H groups in total. The van der Waals surface area contributed by atoms with E-state index in [1.165, 1.54) is 0 Å². The first-order chi connectivity index (χ1) is 11.3. The minimum Gasteiger partial charge on any atom is -0.370 e. The number of carbonyl (C=O) groups excluding carboxylic acids is 1. The number of hydrogen-bond donors (Lipinski definition) is 0. The summed E-state index contributed by atoms with van der Waals surface area (Å²) < 4.78 is 5.79. The molecule has 2 aliphatic rings. The SMILES string of the molecule is O=C(c1cnc(C2CC2)nc1)N1CCOC(c2ccncc2)C1.